The van der Waals surface area contributed by atoms with Crippen molar-refractivity contribution in [3.05, 3.63) is 59.9 Å². The van der Waals surface area contributed by atoms with Crippen LogP contribution in [0.3, 0.4) is 0 Å². The van der Waals surface area contributed by atoms with Crippen molar-refractivity contribution in [3.8, 4) is 11.4 Å². The first-order valence-electron chi connectivity index (χ1n) is 11.0. The molecule has 0 unspecified atom stereocenters. The highest BCUT2D eigenvalue weighted by Crippen LogP contribution is 2.36. The molecule has 0 aliphatic carbocycles. The van der Waals surface area contributed by atoms with E-state index in [1.54, 1.807) is 19.5 Å². The monoisotopic (exact) mass is 444 g/mol. The maximum absolute atomic E-state index is 13.5. The van der Waals surface area contributed by atoms with E-state index in [0.29, 0.717) is 42.2 Å². The summed E-state index contributed by atoms with van der Waals surface area (Å²) in [6.07, 6.45) is 3.23. The molecular weight excluding hydrogens is 420 g/mol. The molecule has 0 radical (unpaired) electrons. The van der Waals surface area contributed by atoms with Crippen LogP contribution < -0.4 is 9.64 Å². The molecular formula is C24H24N6O3. The third-order valence-corrected chi connectivity index (χ3v) is 6.64. The fraction of sp³-hybridized carbons (Fsp3) is 0.333. The average Bonchev–Trinajstić information content (AvgIpc) is 3.60. The zero-order chi connectivity index (χ0) is 22.5. The van der Waals surface area contributed by atoms with Gasteiger partial charge in [0.15, 0.2) is 5.58 Å². The lowest BCUT2D eigenvalue weighted by molar-refractivity contribution is 0.0782. The minimum absolute atomic E-state index is 0.0286. The van der Waals surface area contributed by atoms with Gasteiger partial charge in [0.25, 0.3) is 11.9 Å². The maximum Gasteiger partial charge on any atom is 0.298 e. The van der Waals surface area contributed by atoms with E-state index in [9.17, 15) is 4.79 Å². The fourth-order valence-electron chi connectivity index (χ4n) is 4.98. The highest BCUT2D eigenvalue weighted by molar-refractivity contribution is 5.98. The fourth-order valence-corrected chi connectivity index (χ4v) is 4.98. The second kappa shape index (κ2) is 7.61. The zero-order valence-corrected chi connectivity index (χ0v) is 18.5. The molecule has 4 aromatic rings. The number of hydrogen-bond acceptors (Lipinski definition) is 7. The van der Waals surface area contributed by atoms with E-state index in [1.165, 1.54) is 4.80 Å². The first-order valence-corrected chi connectivity index (χ1v) is 11.0. The second-order valence-electron chi connectivity index (χ2n) is 8.80. The third-order valence-electron chi connectivity index (χ3n) is 6.64. The molecule has 2 aliphatic rings. The van der Waals surface area contributed by atoms with Crippen molar-refractivity contribution in [2.24, 2.45) is 11.8 Å². The molecule has 2 atom stereocenters. The topological polar surface area (TPSA) is 89.5 Å². The van der Waals surface area contributed by atoms with Crippen LogP contribution in [-0.4, -0.2) is 64.1 Å². The van der Waals surface area contributed by atoms with Crippen molar-refractivity contribution in [3.63, 3.8) is 0 Å². The molecule has 2 aromatic carbocycles. The van der Waals surface area contributed by atoms with Gasteiger partial charge in [-0.05, 0) is 31.2 Å². The molecule has 168 valence electrons. The highest BCUT2D eigenvalue weighted by atomic mass is 16.5. The van der Waals surface area contributed by atoms with Gasteiger partial charge in [-0.25, -0.2) is 0 Å². The summed E-state index contributed by atoms with van der Waals surface area (Å²) in [5.74, 6) is 1.56. The van der Waals surface area contributed by atoms with Gasteiger partial charge in [0.1, 0.15) is 11.3 Å². The van der Waals surface area contributed by atoms with E-state index in [2.05, 4.69) is 20.1 Å². The van der Waals surface area contributed by atoms with Gasteiger partial charge >= 0.3 is 0 Å². The summed E-state index contributed by atoms with van der Waals surface area (Å²) in [6, 6.07) is 12.1. The Morgan fingerprint density at radius 3 is 2.52 bits per heavy atom. The Balaban J connectivity index is 1.19. The number of methoxy groups -OCH3 is 1. The van der Waals surface area contributed by atoms with Crippen LogP contribution in [0.1, 0.15) is 15.9 Å². The van der Waals surface area contributed by atoms with Crippen molar-refractivity contribution < 1.29 is 13.9 Å². The van der Waals surface area contributed by atoms with Gasteiger partial charge in [0.2, 0.25) is 0 Å². The molecule has 1 amide bonds. The largest absolute Gasteiger partial charge is 0.497 e. The number of rotatable bonds is 4. The number of carbonyl (C=O) groups is 1. The number of nitrogens with zero attached hydrogens (tertiary/aromatic N) is 6. The molecule has 0 N–H and O–H groups in total. The number of benzene rings is 2. The van der Waals surface area contributed by atoms with Gasteiger partial charge in [-0.2, -0.15) is 20.0 Å². The lowest BCUT2D eigenvalue weighted by Gasteiger charge is -2.22. The van der Waals surface area contributed by atoms with Crippen LogP contribution in [0.2, 0.25) is 0 Å². The number of oxazole rings is 1. The summed E-state index contributed by atoms with van der Waals surface area (Å²) >= 11 is 0. The van der Waals surface area contributed by atoms with E-state index in [4.69, 9.17) is 9.15 Å². The van der Waals surface area contributed by atoms with Crippen molar-refractivity contribution in [2.75, 3.05) is 38.2 Å². The third kappa shape index (κ3) is 3.40. The predicted molar refractivity (Wildman–Crippen MR) is 122 cm³/mol. The molecule has 2 saturated heterocycles. The Labute approximate surface area is 190 Å². The van der Waals surface area contributed by atoms with Crippen LogP contribution >= 0.6 is 0 Å². The summed E-state index contributed by atoms with van der Waals surface area (Å²) in [5, 5.41) is 8.44. The number of carbonyl (C=O) groups excluding carboxylic acids is 1. The first kappa shape index (κ1) is 19.8. The average molecular weight is 444 g/mol. The molecule has 2 aliphatic heterocycles. The van der Waals surface area contributed by atoms with E-state index in [-0.39, 0.29) is 5.91 Å². The van der Waals surface area contributed by atoms with Gasteiger partial charge in [-0.15, -0.1) is 0 Å². The Hall–Kier alpha value is -3.88. The van der Waals surface area contributed by atoms with E-state index < -0.39 is 0 Å². The molecule has 9 heteroatoms. The maximum atomic E-state index is 13.5. The summed E-state index contributed by atoms with van der Waals surface area (Å²) in [6.45, 7) is 5.06. The van der Waals surface area contributed by atoms with Crippen molar-refractivity contribution >= 4 is 23.0 Å². The summed E-state index contributed by atoms with van der Waals surface area (Å²) in [5.41, 5.74) is 3.91. The van der Waals surface area contributed by atoms with Crippen LogP contribution in [0.5, 0.6) is 5.75 Å². The van der Waals surface area contributed by atoms with Gasteiger partial charge in [-0.3, -0.25) is 4.79 Å². The van der Waals surface area contributed by atoms with Crippen molar-refractivity contribution in [2.45, 2.75) is 6.92 Å². The van der Waals surface area contributed by atoms with Crippen molar-refractivity contribution in [1.29, 1.82) is 0 Å². The lowest BCUT2D eigenvalue weighted by Crippen LogP contribution is -2.34. The lowest BCUT2D eigenvalue weighted by atomic mass is 10.0. The van der Waals surface area contributed by atoms with Crippen LogP contribution in [0.15, 0.2) is 53.2 Å². The van der Waals surface area contributed by atoms with E-state index in [0.717, 1.165) is 35.5 Å². The summed E-state index contributed by atoms with van der Waals surface area (Å²) in [7, 11) is 1.64. The number of amides is 1. The van der Waals surface area contributed by atoms with Crippen LogP contribution in [0, 0.1) is 18.8 Å². The van der Waals surface area contributed by atoms with Gasteiger partial charge in [-0.1, -0.05) is 11.6 Å². The molecule has 0 bridgehead atoms. The molecule has 33 heavy (non-hydrogen) atoms. The highest BCUT2D eigenvalue weighted by Gasteiger charge is 2.43. The predicted octanol–water partition coefficient (Wildman–Crippen LogP) is 2.93. The van der Waals surface area contributed by atoms with Crippen molar-refractivity contribution in [1.82, 2.24) is 24.9 Å². The van der Waals surface area contributed by atoms with Gasteiger partial charge in [0, 0.05) is 44.1 Å². The van der Waals surface area contributed by atoms with Gasteiger partial charge in [0.05, 0.1) is 30.8 Å². The number of fused-ring (bicyclic) bond motifs is 2. The molecule has 0 spiro atoms. The molecule has 9 nitrogen and oxygen atoms in total. The van der Waals surface area contributed by atoms with E-state index >= 15 is 0 Å². The number of aryl methyl sites for hydroxylation is 1. The minimum Gasteiger partial charge on any atom is -0.497 e. The number of aromatic nitrogens is 4. The van der Waals surface area contributed by atoms with Crippen LogP contribution in [-0.2, 0) is 0 Å². The minimum atomic E-state index is 0.0286. The van der Waals surface area contributed by atoms with Crippen LogP contribution in [0.4, 0.5) is 6.01 Å². The van der Waals surface area contributed by atoms with E-state index in [1.807, 2.05) is 48.2 Å². The SMILES string of the molecule is COc1ccc2oc(N3C[C@H]4CN(C(=O)c5cc(C)ccc5-n5nccn5)C[C@H]4C3)nc2c1. The summed E-state index contributed by atoms with van der Waals surface area (Å²) < 4.78 is 11.3. The number of anilines is 1. The zero-order valence-electron chi connectivity index (χ0n) is 18.5. The molecule has 0 saturated carbocycles. The van der Waals surface area contributed by atoms with Gasteiger partial charge < -0.3 is 19.0 Å². The Morgan fingerprint density at radius 1 is 1.03 bits per heavy atom. The first-order chi connectivity index (χ1) is 16.1. The normalized spacial score (nSPS) is 19.9. The summed E-state index contributed by atoms with van der Waals surface area (Å²) in [4.78, 5) is 23.8. The number of ether oxygens (including phenoxy) is 1. The Kier molecular flexibility index (Phi) is 4.56. The molecule has 2 aromatic heterocycles. The Bertz CT molecular complexity index is 1320. The van der Waals surface area contributed by atoms with Crippen LogP contribution in [0.25, 0.3) is 16.8 Å². The number of likely N-dealkylation sites (tertiary alicyclic amines) is 1. The molecule has 4 heterocycles. The molecule has 2 fully saturated rings. The smallest absolute Gasteiger partial charge is 0.298 e. The molecule has 6 rings (SSSR count). The second-order valence-corrected chi connectivity index (χ2v) is 8.80. The standard InChI is InChI=1S/C24H24N6O3/c1-15-3-5-21(30-25-7-8-26-30)19(9-15)23(31)28-11-16-13-29(14-17(16)12-28)24-27-20-10-18(32-2)4-6-22(20)33-24/h3-10,16-17H,11-14H2,1-2H3/t16-,17+. The number of hydrogen-bond donors (Lipinski definition) is 0. The Morgan fingerprint density at radius 2 is 1.79 bits per heavy atom. The quantitative estimate of drug-likeness (QED) is 0.478.